The van der Waals surface area contributed by atoms with E-state index in [1.807, 2.05) is 19.1 Å². The lowest BCUT2D eigenvalue weighted by Crippen LogP contribution is -2.23. The van der Waals surface area contributed by atoms with Gasteiger partial charge in [0, 0.05) is 25.7 Å². The highest BCUT2D eigenvalue weighted by Gasteiger charge is 2.02. The first kappa shape index (κ1) is 14.1. The molecule has 1 aromatic rings. The molecule has 0 aliphatic carbocycles. The third-order valence-corrected chi connectivity index (χ3v) is 2.64. The van der Waals surface area contributed by atoms with E-state index in [2.05, 4.69) is 0 Å². The highest BCUT2D eigenvalue weighted by Crippen LogP contribution is 2.23. The van der Waals surface area contributed by atoms with Gasteiger partial charge in [-0.05, 0) is 30.7 Å². The number of nitrogens with zero attached hydrogens (tertiary/aromatic N) is 1. The molecule has 0 fully saturated rings. The van der Waals surface area contributed by atoms with Gasteiger partial charge in [0.05, 0.1) is 14.2 Å². The van der Waals surface area contributed by atoms with Gasteiger partial charge in [-0.15, -0.1) is 0 Å². The van der Waals surface area contributed by atoms with Crippen LogP contribution in [0.3, 0.4) is 0 Å². The van der Waals surface area contributed by atoms with Crippen LogP contribution in [0.4, 0.5) is 0 Å². The first-order chi connectivity index (χ1) is 8.60. The van der Waals surface area contributed by atoms with Crippen LogP contribution in [-0.4, -0.2) is 38.6 Å². The maximum absolute atomic E-state index is 11.6. The Labute approximate surface area is 108 Å². The highest BCUT2D eigenvalue weighted by molar-refractivity contribution is 5.91. The molecule has 1 aromatic carbocycles. The lowest BCUT2D eigenvalue weighted by atomic mass is 10.2. The van der Waals surface area contributed by atoms with Gasteiger partial charge in [0.2, 0.25) is 5.91 Å². The number of hydrogen-bond donors (Lipinski definition) is 0. The van der Waals surface area contributed by atoms with Gasteiger partial charge >= 0.3 is 0 Å². The van der Waals surface area contributed by atoms with Crippen molar-refractivity contribution in [3.05, 3.63) is 29.8 Å². The zero-order chi connectivity index (χ0) is 13.5. The number of methoxy groups -OCH3 is 2. The summed E-state index contributed by atoms with van der Waals surface area (Å²) in [6.07, 6.45) is 3.29. The Morgan fingerprint density at radius 3 is 2.22 bits per heavy atom. The van der Waals surface area contributed by atoms with Gasteiger partial charge in [0.1, 0.15) is 11.5 Å². The molecule has 0 N–H and O–H groups in total. The minimum Gasteiger partial charge on any atom is -0.497 e. The molecule has 0 heterocycles. The van der Waals surface area contributed by atoms with Crippen LogP contribution in [0.5, 0.6) is 11.5 Å². The van der Waals surface area contributed by atoms with Crippen LogP contribution < -0.4 is 9.47 Å². The molecule has 1 rings (SSSR count). The predicted octanol–water partition coefficient (Wildman–Crippen LogP) is 2.20. The zero-order valence-corrected chi connectivity index (χ0v) is 11.3. The van der Waals surface area contributed by atoms with E-state index in [9.17, 15) is 4.79 Å². The molecule has 0 bridgehead atoms. The summed E-state index contributed by atoms with van der Waals surface area (Å²) >= 11 is 0. The van der Waals surface area contributed by atoms with Crippen molar-refractivity contribution in [1.29, 1.82) is 0 Å². The van der Waals surface area contributed by atoms with E-state index in [4.69, 9.17) is 9.47 Å². The van der Waals surface area contributed by atoms with Gasteiger partial charge in [-0.2, -0.15) is 0 Å². The molecule has 0 aliphatic heterocycles. The summed E-state index contributed by atoms with van der Waals surface area (Å²) in [6.45, 7) is 2.62. The Hall–Kier alpha value is -1.97. The van der Waals surface area contributed by atoms with E-state index >= 15 is 0 Å². The number of likely N-dealkylation sites (N-methyl/N-ethyl adjacent to an activating group) is 1. The number of rotatable bonds is 5. The second kappa shape index (κ2) is 6.69. The molecule has 0 saturated heterocycles. The van der Waals surface area contributed by atoms with Crippen molar-refractivity contribution in [3.63, 3.8) is 0 Å². The highest BCUT2D eigenvalue weighted by atomic mass is 16.5. The number of carbonyl (C=O) groups is 1. The van der Waals surface area contributed by atoms with Crippen LogP contribution in [0.1, 0.15) is 12.5 Å². The van der Waals surface area contributed by atoms with E-state index < -0.39 is 0 Å². The lowest BCUT2D eigenvalue weighted by Gasteiger charge is -2.11. The van der Waals surface area contributed by atoms with Gasteiger partial charge in [0.15, 0.2) is 0 Å². The average molecular weight is 249 g/mol. The molecule has 1 amide bonds. The van der Waals surface area contributed by atoms with Crippen LogP contribution in [0.15, 0.2) is 24.3 Å². The average Bonchev–Trinajstić information content (AvgIpc) is 2.43. The van der Waals surface area contributed by atoms with Gasteiger partial charge in [0.25, 0.3) is 0 Å². The van der Waals surface area contributed by atoms with Crippen LogP contribution in [0, 0.1) is 0 Å². The third-order valence-electron chi connectivity index (χ3n) is 2.64. The Balaban J connectivity index is 2.89. The smallest absolute Gasteiger partial charge is 0.246 e. The molecular weight excluding hydrogens is 230 g/mol. The molecule has 4 heteroatoms. The van der Waals surface area contributed by atoms with E-state index in [1.54, 1.807) is 38.3 Å². The molecule has 18 heavy (non-hydrogen) atoms. The van der Waals surface area contributed by atoms with Crippen molar-refractivity contribution in [3.8, 4) is 11.5 Å². The summed E-state index contributed by atoms with van der Waals surface area (Å²) in [4.78, 5) is 13.3. The van der Waals surface area contributed by atoms with Crippen LogP contribution in [-0.2, 0) is 4.79 Å². The summed E-state index contributed by atoms with van der Waals surface area (Å²) < 4.78 is 10.3. The monoisotopic (exact) mass is 249 g/mol. The van der Waals surface area contributed by atoms with Gasteiger partial charge in [-0.25, -0.2) is 0 Å². The molecule has 0 aromatic heterocycles. The van der Waals surface area contributed by atoms with Crippen molar-refractivity contribution in [2.75, 3.05) is 27.8 Å². The fraction of sp³-hybridized carbons (Fsp3) is 0.357. The van der Waals surface area contributed by atoms with Crippen molar-refractivity contribution in [2.45, 2.75) is 6.92 Å². The summed E-state index contributed by atoms with van der Waals surface area (Å²) in [5.41, 5.74) is 0.865. The van der Waals surface area contributed by atoms with Crippen molar-refractivity contribution in [1.82, 2.24) is 4.90 Å². The van der Waals surface area contributed by atoms with Crippen LogP contribution in [0.2, 0.25) is 0 Å². The molecular formula is C14H19NO3. The number of carbonyl (C=O) groups excluding carboxylic acids is 1. The van der Waals surface area contributed by atoms with Crippen molar-refractivity contribution in [2.24, 2.45) is 0 Å². The fourth-order valence-electron chi connectivity index (χ4n) is 1.38. The molecule has 0 atom stereocenters. The largest absolute Gasteiger partial charge is 0.497 e. The summed E-state index contributed by atoms with van der Waals surface area (Å²) in [7, 11) is 4.95. The standard InChI is InChI=1S/C14H19NO3/c1-5-15(2)14(16)7-6-11-8-12(17-3)10-13(9-11)18-4/h6-10H,5H2,1-4H3/b7-6+. The SMILES string of the molecule is CCN(C)C(=O)/C=C/c1cc(OC)cc(OC)c1. The Morgan fingerprint density at radius 2 is 1.78 bits per heavy atom. The first-order valence-electron chi connectivity index (χ1n) is 5.77. The minimum absolute atomic E-state index is 0.0284. The second-order valence-electron chi connectivity index (χ2n) is 3.83. The predicted molar refractivity (Wildman–Crippen MR) is 71.9 cm³/mol. The zero-order valence-electron chi connectivity index (χ0n) is 11.3. The second-order valence-corrected chi connectivity index (χ2v) is 3.83. The van der Waals surface area contributed by atoms with Crippen LogP contribution in [0.25, 0.3) is 6.08 Å². The van der Waals surface area contributed by atoms with E-state index in [0.717, 1.165) is 5.56 Å². The maximum atomic E-state index is 11.6. The Morgan fingerprint density at radius 1 is 1.22 bits per heavy atom. The number of hydrogen-bond acceptors (Lipinski definition) is 3. The minimum atomic E-state index is -0.0284. The summed E-state index contributed by atoms with van der Waals surface area (Å²) in [5.74, 6) is 1.37. The van der Waals surface area contributed by atoms with Gasteiger partial charge in [-0.1, -0.05) is 0 Å². The fourth-order valence-corrected chi connectivity index (χ4v) is 1.38. The molecule has 0 aliphatic rings. The molecule has 4 nitrogen and oxygen atoms in total. The lowest BCUT2D eigenvalue weighted by molar-refractivity contribution is -0.124. The number of amides is 1. The number of ether oxygens (including phenoxy) is 2. The van der Waals surface area contributed by atoms with E-state index in [-0.39, 0.29) is 5.91 Å². The molecule has 98 valence electrons. The van der Waals surface area contributed by atoms with Crippen molar-refractivity contribution >= 4 is 12.0 Å². The summed E-state index contributed by atoms with van der Waals surface area (Å²) in [6, 6.07) is 5.48. The van der Waals surface area contributed by atoms with E-state index in [1.165, 1.54) is 6.08 Å². The third kappa shape index (κ3) is 3.80. The number of benzene rings is 1. The quantitative estimate of drug-likeness (QED) is 0.751. The maximum Gasteiger partial charge on any atom is 0.246 e. The molecule has 0 radical (unpaired) electrons. The van der Waals surface area contributed by atoms with E-state index in [0.29, 0.717) is 18.0 Å². The summed E-state index contributed by atoms with van der Waals surface area (Å²) in [5, 5.41) is 0. The topological polar surface area (TPSA) is 38.8 Å². The molecule has 0 unspecified atom stereocenters. The Bertz CT molecular complexity index is 418. The Kier molecular flexibility index (Phi) is 5.24. The first-order valence-corrected chi connectivity index (χ1v) is 5.77. The van der Waals surface area contributed by atoms with Gasteiger partial charge in [-0.3, -0.25) is 4.79 Å². The normalized spacial score (nSPS) is 10.4. The van der Waals surface area contributed by atoms with Crippen LogP contribution >= 0.6 is 0 Å². The molecule has 0 spiro atoms. The van der Waals surface area contributed by atoms with Crippen molar-refractivity contribution < 1.29 is 14.3 Å². The molecule has 0 saturated carbocycles. The van der Waals surface area contributed by atoms with Gasteiger partial charge < -0.3 is 14.4 Å².